The first kappa shape index (κ1) is 21.4. The summed E-state index contributed by atoms with van der Waals surface area (Å²) in [7, 11) is 0. The minimum absolute atomic E-state index is 0.0311. The molecule has 3 aromatic carbocycles. The van der Waals surface area contributed by atoms with E-state index in [9.17, 15) is 14.7 Å². The normalized spacial score (nSPS) is 12.4. The Morgan fingerprint density at radius 3 is 2.28 bits per heavy atom. The second kappa shape index (κ2) is 9.52. The zero-order chi connectivity index (χ0) is 22.5. The second-order valence-electron chi connectivity index (χ2n) is 7.78. The molecule has 4 rings (SSSR count). The summed E-state index contributed by atoms with van der Waals surface area (Å²) in [4.78, 5) is 23.6. The molecule has 0 atom stereocenters. The summed E-state index contributed by atoms with van der Waals surface area (Å²) in [5.74, 6) is -0.923. The molecule has 0 radical (unpaired) electrons. The molecule has 0 spiro atoms. The fourth-order valence-electron chi connectivity index (χ4n) is 4.20. The Bertz CT molecular complexity index is 1140. The largest absolute Gasteiger partial charge is 0.478 e. The van der Waals surface area contributed by atoms with Gasteiger partial charge in [0.1, 0.15) is 6.61 Å². The molecule has 3 aromatic rings. The highest BCUT2D eigenvalue weighted by Crippen LogP contribution is 2.44. The third kappa shape index (κ3) is 4.42. The Balaban J connectivity index is 1.30. The molecule has 0 saturated carbocycles. The smallest absolute Gasteiger partial charge is 0.407 e. The van der Waals surface area contributed by atoms with Crippen molar-refractivity contribution in [1.82, 2.24) is 5.32 Å². The summed E-state index contributed by atoms with van der Waals surface area (Å²) in [6.07, 6.45) is 3.76. The van der Waals surface area contributed by atoms with Gasteiger partial charge in [0.2, 0.25) is 0 Å². The number of carboxylic acid groups (broad SMARTS) is 1. The quantitative estimate of drug-likeness (QED) is 0.479. The number of carboxylic acids is 1. The van der Waals surface area contributed by atoms with Crippen LogP contribution in [0.15, 0.2) is 72.8 Å². The maximum absolute atomic E-state index is 12.2. The third-order valence-corrected chi connectivity index (χ3v) is 5.76. The van der Waals surface area contributed by atoms with E-state index >= 15 is 0 Å². The van der Waals surface area contributed by atoms with Crippen molar-refractivity contribution in [3.63, 3.8) is 0 Å². The monoisotopic (exact) mass is 427 g/mol. The molecule has 1 aliphatic rings. The molecule has 1 amide bonds. The average Bonchev–Trinajstić information content (AvgIpc) is 3.12. The summed E-state index contributed by atoms with van der Waals surface area (Å²) in [6.45, 7) is 2.56. The van der Waals surface area contributed by atoms with E-state index in [1.165, 1.54) is 22.3 Å². The van der Waals surface area contributed by atoms with Crippen LogP contribution in [0.5, 0.6) is 0 Å². The van der Waals surface area contributed by atoms with E-state index in [-0.39, 0.29) is 18.1 Å². The summed E-state index contributed by atoms with van der Waals surface area (Å²) in [5, 5.41) is 12.1. The molecule has 0 saturated heterocycles. The Hall–Kier alpha value is -3.86. The average molecular weight is 428 g/mol. The number of nitrogens with one attached hydrogen (secondary N) is 1. The van der Waals surface area contributed by atoms with Gasteiger partial charge in [0.25, 0.3) is 0 Å². The van der Waals surface area contributed by atoms with Crippen LogP contribution in [0, 0.1) is 6.92 Å². The highest BCUT2D eigenvalue weighted by Gasteiger charge is 2.28. The van der Waals surface area contributed by atoms with E-state index in [0.717, 1.165) is 5.56 Å². The lowest BCUT2D eigenvalue weighted by molar-refractivity contribution is 0.0696. The molecular formula is C27H25NO4. The minimum Gasteiger partial charge on any atom is -0.478 e. The zero-order valence-corrected chi connectivity index (χ0v) is 17.9. The fourth-order valence-corrected chi connectivity index (χ4v) is 4.20. The van der Waals surface area contributed by atoms with Crippen LogP contribution < -0.4 is 5.32 Å². The van der Waals surface area contributed by atoms with Crippen LogP contribution in [0.4, 0.5) is 4.79 Å². The van der Waals surface area contributed by atoms with Gasteiger partial charge in [-0.05, 0) is 52.8 Å². The van der Waals surface area contributed by atoms with Crippen molar-refractivity contribution in [3.05, 3.63) is 101 Å². The molecule has 0 bridgehead atoms. The standard InChI is InChI=1S/C27H25NO4/c1-18-9-8-15-24(26(29)30)19(18)10-6-7-16-28-27(31)32-17-25-22-13-4-2-11-20(22)21-12-3-5-14-23(21)25/h2-6,8-15,25H,7,16-17H2,1H3,(H,28,31)(H,29,30). The van der Waals surface area contributed by atoms with Crippen molar-refractivity contribution in [2.45, 2.75) is 19.3 Å². The second-order valence-corrected chi connectivity index (χ2v) is 7.78. The van der Waals surface area contributed by atoms with E-state index in [1.54, 1.807) is 18.2 Å². The topological polar surface area (TPSA) is 75.6 Å². The van der Waals surface area contributed by atoms with Crippen LogP contribution in [-0.2, 0) is 4.74 Å². The van der Waals surface area contributed by atoms with Crippen molar-refractivity contribution >= 4 is 18.1 Å². The van der Waals surface area contributed by atoms with E-state index < -0.39 is 12.1 Å². The first-order chi connectivity index (χ1) is 15.6. The molecule has 162 valence electrons. The van der Waals surface area contributed by atoms with Gasteiger partial charge < -0.3 is 15.2 Å². The third-order valence-electron chi connectivity index (χ3n) is 5.76. The van der Waals surface area contributed by atoms with Gasteiger partial charge in [0.15, 0.2) is 0 Å². The highest BCUT2D eigenvalue weighted by atomic mass is 16.5. The predicted octanol–water partition coefficient (Wildman–Crippen LogP) is 5.64. The van der Waals surface area contributed by atoms with Gasteiger partial charge in [-0.25, -0.2) is 9.59 Å². The van der Waals surface area contributed by atoms with Gasteiger partial charge in [0, 0.05) is 12.5 Å². The lowest BCUT2D eigenvalue weighted by Crippen LogP contribution is -2.26. The van der Waals surface area contributed by atoms with Crippen LogP contribution in [0.2, 0.25) is 0 Å². The van der Waals surface area contributed by atoms with Crippen LogP contribution >= 0.6 is 0 Å². The molecule has 2 N–H and O–H groups in total. The number of alkyl carbamates (subject to hydrolysis) is 1. The Morgan fingerprint density at radius 1 is 0.969 bits per heavy atom. The van der Waals surface area contributed by atoms with Gasteiger partial charge >= 0.3 is 12.1 Å². The molecule has 0 heterocycles. The SMILES string of the molecule is Cc1cccc(C(=O)O)c1C=CCCNC(=O)OCC1c2ccccc2-c2ccccc21. The molecule has 1 aliphatic carbocycles. The predicted molar refractivity (Wildman–Crippen MR) is 125 cm³/mol. The Kier molecular flexibility index (Phi) is 6.36. The maximum Gasteiger partial charge on any atom is 0.407 e. The van der Waals surface area contributed by atoms with Crippen LogP contribution in [0.3, 0.4) is 0 Å². The van der Waals surface area contributed by atoms with E-state index in [2.05, 4.69) is 29.6 Å². The Labute approximate surface area is 187 Å². The van der Waals surface area contributed by atoms with Gasteiger partial charge in [0.05, 0.1) is 5.56 Å². The molecule has 0 unspecified atom stereocenters. The fraction of sp³-hybridized carbons (Fsp3) is 0.185. The first-order valence-electron chi connectivity index (χ1n) is 10.6. The number of hydrogen-bond acceptors (Lipinski definition) is 3. The van der Waals surface area contributed by atoms with Crippen LogP contribution in [-0.4, -0.2) is 30.3 Å². The Morgan fingerprint density at radius 2 is 1.62 bits per heavy atom. The van der Waals surface area contributed by atoms with Crippen molar-refractivity contribution in [3.8, 4) is 11.1 Å². The number of aryl methyl sites for hydroxylation is 1. The highest BCUT2D eigenvalue weighted by molar-refractivity contribution is 5.92. The number of rotatable bonds is 7. The van der Waals surface area contributed by atoms with Gasteiger partial charge in [-0.1, -0.05) is 72.8 Å². The van der Waals surface area contributed by atoms with Gasteiger partial charge in [-0.15, -0.1) is 0 Å². The number of ether oxygens (including phenoxy) is 1. The molecule has 0 fully saturated rings. The number of benzene rings is 3. The summed E-state index contributed by atoms with van der Waals surface area (Å²) < 4.78 is 5.52. The summed E-state index contributed by atoms with van der Waals surface area (Å²) >= 11 is 0. The number of carbonyl (C=O) groups is 2. The molecule has 5 heteroatoms. The first-order valence-corrected chi connectivity index (χ1v) is 10.6. The van der Waals surface area contributed by atoms with E-state index in [4.69, 9.17) is 4.74 Å². The lowest BCUT2D eigenvalue weighted by atomic mass is 9.98. The molecule has 0 aromatic heterocycles. The van der Waals surface area contributed by atoms with Crippen molar-refractivity contribution in [2.24, 2.45) is 0 Å². The van der Waals surface area contributed by atoms with E-state index in [0.29, 0.717) is 18.5 Å². The lowest BCUT2D eigenvalue weighted by Gasteiger charge is -2.14. The molecule has 0 aliphatic heterocycles. The number of hydrogen-bond donors (Lipinski definition) is 2. The number of aromatic carboxylic acids is 1. The minimum atomic E-state index is -0.954. The molecular weight excluding hydrogens is 402 g/mol. The van der Waals surface area contributed by atoms with Crippen molar-refractivity contribution < 1.29 is 19.4 Å². The number of fused-ring (bicyclic) bond motifs is 3. The summed E-state index contributed by atoms with van der Waals surface area (Å²) in [5.41, 5.74) is 6.59. The summed E-state index contributed by atoms with van der Waals surface area (Å²) in [6, 6.07) is 21.6. The van der Waals surface area contributed by atoms with Crippen LogP contribution in [0.1, 0.15) is 45.0 Å². The van der Waals surface area contributed by atoms with Crippen LogP contribution in [0.25, 0.3) is 17.2 Å². The molecule has 5 nitrogen and oxygen atoms in total. The maximum atomic E-state index is 12.2. The van der Waals surface area contributed by atoms with Crippen molar-refractivity contribution in [2.75, 3.05) is 13.2 Å². The zero-order valence-electron chi connectivity index (χ0n) is 17.9. The van der Waals surface area contributed by atoms with Gasteiger partial charge in [-0.2, -0.15) is 0 Å². The van der Waals surface area contributed by atoms with Gasteiger partial charge in [-0.3, -0.25) is 0 Å². The number of carbonyl (C=O) groups excluding carboxylic acids is 1. The molecule has 32 heavy (non-hydrogen) atoms. The van der Waals surface area contributed by atoms with Crippen molar-refractivity contribution in [1.29, 1.82) is 0 Å². The number of amides is 1. The van der Waals surface area contributed by atoms with E-state index in [1.807, 2.05) is 43.3 Å².